The Morgan fingerprint density at radius 1 is 1.18 bits per heavy atom. The molecule has 7 heteroatoms. The lowest BCUT2D eigenvalue weighted by Gasteiger charge is -2.22. The molecule has 1 fully saturated rings. The van der Waals surface area contributed by atoms with Crippen molar-refractivity contribution in [2.45, 2.75) is 25.8 Å². The van der Waals surface area contributed by atoms with E-state index in [-0.39, 0.29) is 6.54 Å². The Morgan fingerprint density at radius 3 is 2.54 bits per heavy atom. The zero-order valence-electron chi connectivity index (χ0n) is 16.1. The Labute approximate surface area is 163 Å². The van der Waals surface area contributed by atoms with E-state index in [4.69, 9.17) is 4.74 Å². The largest absolute Gasteiger partial charge is 0.497 e. The number of carbonyl (C=O) groups excluding carboxylic acids is 3. The summed E-state index contributed by atoms with van der Waals surface area (Å²) < 4.78 is 5.12. The van der Waals surface area contributed by atoms with E-state index in [9.17, 15) is 14.4 Å². The van der Waals surface area contributed by atoms with Gasteiger partial charge in [0.1, 0.15) is 17.8 Å². The first-order chi connectivity index (χ1) is 13.4. The number of aryl methyl sites for hydroxylation is 1. The summed E-state index contributed by atoms with van der Waals surface area (Å²) >= 11 is 0. The lowest BCUT2D eigenvalue weighted by Crippen LogP contribution is -2.42. The third kappa shape index (κ3) is 3.69. The van der Waals surface area contributed by atoms with Gasteiger partial charge >= 0.3 is 6.03 Å². The maximum Gasteiger partial charge on any atom is 0.325 e. The Bertz CT molecular complexity index is 910. The molecule has 0 aromatic heterocycles. The minimum absolute atomic E-state index is 0.354. The summed E-state index contributed by atoms with van der Waals surface area (Å²) in [5, 5.41) is 5.43. The summed E-state index contributed by atoms with van der Waals surface area (Å²) in [6.45, 7) is 3.29. The number of imide groups is 1. The second-order valence-electron chi connectivity index (χ2n) is 6.78. The molecule has 0 saturated carbocycles. The average molecular weight is 381 g/mol. The number of hydrogen-bond donors (Lipinski definition) is 2. The highest BCUT2D eigenvalue weighted by molar-refractivity contribution is 6.10. The van der Waals surface area contributed by atoms with Crippen molar-refractivity contribution in [3.05, 3.63) is 59.7 Å². The monoisotopic (exact) mass is 381 g/mol. The van der Waals surface area contributed by atoms with Gasteiger partial charge in [0.15, 0.2) is 0 Å². The Hall–Kier alpha value is -3.35. The summed E-state index contributed by atoms with van der Waals surface area (Å²) in [5.41, 5.74) is 1.10. The number of anilines is 1. The van der Waals surface area contributed by atoms with E-state index in [0.29, 0.717) is 17.0 Å². The summed E-state index contributed by atoms with van der Waals surface area (Å²) in [7, 11) is 1.55. The number of nitrogens with zero attached hydrogens (tertiary/aromatic N) is 1. The van der Waals surface area contributed by atoms with Crippen LogP contribution in [-0.2, 0) is 21.5 Å². The van der Waals surface area contributed by atoms with Crippen molar-refractivity contribution >= 4 is 23.5 Å². The molecule has 0 radical (unpaired) electrons. The predicted molar refractivity (Wildman–Crippen MR) is 105 cm³/mol. The van der Waals surface area contributed by atoms with Gasteiger partial charge in [-0.3, -0.25) is 14.5 Å². The van der Waals surface area contributed by atoms with E-state index in [1.165, 1.54) is 0 Å². The average Bonchev–Trinajstić information content (AvgIpc) is 2.92. The van der Waals surface area contributed by atoms with Crippen LogP contribution in [0.3, 0.4) is 0 Å². The van der Waals surface area contributed by atoms with Gasteiger partial charge in [-0.05, 0) is 48.7 Å². The maximum absolute atomic E-state index is 12.9. The summed E-state index contributed by atoms with van der Waals surface area (Å²) in [6, 6.07) is 13.7. The molecule has 1 aliphatic heterocycles. The van der Waals surface area contributed by atoms with Gasteiger partial charge in [-0.25, -0.2) is 4.79 Å². The van der Waals surface area contributed by atoms with Crippen molar-refractivity contribution in [3.8, 4) is 5.75 Å². The van der Waals surface area contributed by atoms with Crippen LogP contribution >= 0.6 is 0 Å². The number of nitrogens with one attached hydrogen (secondary N) is 2. The van der Waals surface area contributed by atoms with Gasteiger partial charge in [0, 0.05) is 5.69 Å². The van der Waals surface area contributed by atoms with Gasteiger partial charge in [0.05, 0.1) is 7.11 Å². The minimum atomic E-state index is -1.23. The van der Waals surface area contributed by atoms with E-state index < -0.39 is 23.4 Å². The van der Waals surface area contributed by atoms with Gasteiger partial charge in [-0.15, -0.1) is 0 Å². The van der Waals surface area contributed by atoms with Crippen LogP contribution in [0.25, 0.3) is 0 Å². The molecule has 7 nitrogen and oxygen atoms in total. The van der Waals surface area contributed by atoms with Crippen molar-refractivity contribution in [2.24, 2.45) is 0 Å². The van der Waals surface area contributed by atoms with Crippen molar-refractivity contribution in [2.75, 3.05) is 19.0 Å². The smallest absolute Gasteiger partial charge is 0.325 e. The number of urea groups is 1. The van der Waals surface area contributed by atoms with Crippen molar-refractivity contribution in [1.82, 2.24) is 10.2 Å². The van der Waals surface area contributed by atoms with Crippen LogP contribution in [0.5, 0.6) is 5.75 Å². The first-order valence-electron chi connectivity index (χ1n) is 9.05. The highest BCUT2D eigenvalue weighted by atomic mass is 16.5. The summed E-state index contributed by atoms with van der Waals surface area (Å²) in [5.74, 6) is -0.259. The summed E-state index contributed by atoms with van der Waals surface area (Å²) in [4.78, 5) is 38.6. The number of carbonyl (C=O) groups is 3. The quantitative estimate of drug-likeness (QED) is 0.753. The van der Waals surface area contributed by atoms with Crippen LogP contribution in [0.1, 0.15) is 25.0 Å². The predicted octanol–water partition coefficient (Wildman–Crippen LogP) is 2.66. The Kier molecular flexibility index (Phi) is 5.35. The zero-order valence-corrected chi connectivity index (χ0v) is 16.1. The molecule has 4 amide bonds. The molecular weight excluding hydrogens is 358 g/mol. The van der Waals surface area contributed by atoms with Gasteiger partial charge in [0.2, 0.25) is 5.91 Å². The number of benzene rings is 2. The van der Waals surface area contributed by atoms with Crippen LogP contribution in [0.15, 0.2) is 48.5 Å². The van der Waals surface area contributed by atoms with Crippen LogP contribution in [0, 0.1) is 0 Å². The first kappa shape index (κ1) is 19.4. The topological polar surface area (TPSA) is 87.7 Å². The lowest BCUT2D eigenvalue weighted by atomic mass is 9.92. The fourth-order valence-electron chi connectivity index (χ4n) is 3.17. The molecule has 1 saturated heterocycles. The van der Waals surface area contributed by atoms with Gasteiger partial charge in [0.25, 0.3) is 5.91 Å². The standard InChI is InChI=1S/C21H23N3O4/c1-4-14-6-5-7-16(12-14)22-18(25)13-24-19(26)21(2,23-20(24)27)15-8-10-17(28-3)11-9-15/h5-12H,4,13H2,1-3H3,(H,22,25)(H,23,27). The normalized spacial score (nSPS) is 18.8. The van der Waals surface area contributed by atoms with Gasteiger partial charge in [-0.2, -0.15) is 0 Å². The number of ether oxygens (including phenoxy) is 1. The second-order valence-corrected chi connectivity index (χ2v) is 6.78. The zero-order chi connectivity index (χ0) is 20.3. The fourth-order valence-corrected chi connectivity index (χ4v) is 3.17. The molecule has 1 heterocycles. The van der Waals surface area contributed by atoms with Crippen LogP contribution in [0.2, 0.25) is 0 Å². The maximum atomic E-state index is 12.9. The van der Waals surface area contributed by atoms with E-state index in [1.54, 1.807) is 44.4 Å². The molecule has 0 spiro atoms. The molecule has 0 bridgehead atoms. The molecule has 1 unspecified atom stereocenters. The van der Waals surface area contributed by atoms with Crippen LogP contribution in [0.4, 0.5) is 10.5 Å². The molecule has 1 aliphatic rings. The lowest BCUT2D eigenvalue weighted by molar-refractivity contribution is -0.133. The molecular formula is C21H23N3O4. The Morgan fingerprint density at radius 2 is 1.89 bits per heavy atom. The molecule has 2 aromatic rings. The highest BCUT2D eigenvalue weighted by Crippen LogP contribution is 2.30. The number of hydrogen-bond acceptors (Lipinski definition) is 4. The number of methoxy groups -OCH3 is 1. The minimum Gasteiger partial charge on any atom is -0.497 e. The number of rotatable bonds is 6. The molecule has 0 aliphatic carbocycles. The van der Waals surface area contributed by atoms with Crippen molar-refractivity contribution in [1.29, 1.82) is 0 Å². The van der Waals surface area contributed by atoms with E-state index in [0.717, 1.165) is 16.9 Å². The third-order valence-corrected chi connectivity index (χ3v) is 4.86. The van der Waals surface area contributed by atoms with Crippen LogP contribution < -0.4 is 15.4 Å². The van der Waals surface area contributed by atoms with Gasteiger partial charge < -0.3 is 15.4 Å². The first-order valence-corrected chi connectivity index (χ1v) is 9.05. The Balaban J connectivity index is 1.73. The summed E-state index contributed by atoms with van der Waals surface area (Å²) in [6.07, 6.45) is 0.844. The van der Waals surface area contributed by atoms with E-state index >= 15 is 0 Å². The van der Waals surface area contributed by atoms with Crippen molar-refractivity contribution in [3.63, 3.8) is 0 Å². The third-order valence-electron chi connectivity index (χ3n) is 4.86. The molecule has 2 N–H and O–H groups in total. The van der Waals surface area contributed by atoms with Crippen molar-refractivity contribution < 1.29 is 19.1 Å². The molecule has 28 heavy (non-hydrogen) atoms. The second kappa shape index (κ2) is 7.72. The van der Waals surface area contributed by atoms with Gasteiger partial charge in [-0.1, -0.05) is 31.2 Å². The highest BCUT2D eigenvalue weighted by Gasteiger charge is 2.49. The SMILES string of the molecule is CCc1cccc(NC(=O)CN2C(=O)NC(C)(c3ccc(OC)cc3)C2=O)c1. The fraction of sp³-hybridized carbons (Fsp3) is 0.286. The molecule has 3 rings (SSSR count). The van der Waals surface area contributed by atoms with E-state index in [2.05, 4.69) is 10.6 Å². The van der Waals surface area contributed by atoms with E-state index in [1.807, 2.05) is 25.1 Å². The molecule has 146 valence electrons. The molecule has 2 aromatic carbocycles. The molecule has 1 atom stereocenters. The number of amides is 4. The van der Waals surface area contributed by atoms with Crippen LogP contribution in [-0.4, -0.2) is 36.4 Å².